The van der Waals surface area contributed by atoms with Gasteiger partial charge in [-0.25, -0.2) is 0 Å². The Labute approximate surface area is 105 Å². The van der Waals surface area contributed by atoms with E-state index in [1.165, 1.54) is 6.20 Å². The number of pyridine rings is 1. The third-order valence-corrected chi connectivity index (χ3v) is 2.99. The molecule has 2 rings (SSSR count). The van der Waals surface area contributed by atoms with Crippen LogP contribution in [0.4, 0.5) is 5.69 Å². The molecule has 1 aromatic rings. The summed E-state index contributed by atoms with van der Waals surface area (Å²) in [7, 11) is 1.74. The second-order valence-corrected chi connectivity index (χ2v) is 4.39. The first-order valence-electron chi connectivity index (χ1n) is 5.78. The highest BCUT2D eigenvalue weighted by atomic mass is 16.2. The number of likely N-dealkylation sites (N-methyl/N-ethyl adjacent to an activating group) is 1. The maximum absolute atomic E-state index is 12.0. The van der Waals surface area contributed by atoms with Gasteiger partial charge in [0.1, 0.15) is 0 Å². The Morgan fingerprint density at radius 2 is 2.22 bits per heavy atom. The van der Waals surface area contributed by atoms with E-state index in [4.69, 9.17) is 5.73 Å². The maximum atomic E-state index is 12.0. The summed E-state index contributed by atoms with van der Waals surface area (Å²) in [6.07, 6.45) is 1.73. The van der Waals surface area contributed by atoms with Crippen molar-refractivity contribution in [3.63, 3.8) is 0 Å². The molecule has 6 heteroatoms. The molecule has 0 aliphatic carbocycles. The van der Waals surface area contributed by atoms with Crippen molar-refractivity contribution in [3.05, 3.63) is 24.0 Å². The van der Waals surface area contributed by atoms with E-state index in [1.807, 2.05) is 0 Å². The first kappa shape index (κ1) is 12.3. The zero-order chi connectivity index (χ0) is 13.1. The molecule has 2 amide bonds. The number of piperazine rings is 1. The predicted octanol–water partition coefficient (Wildman–Crippen LogP) is -0.493. The minimum Gasteiger partial charge on any atom is -0.397 e. The van der Waals surface area contributed by atoms with Crippen LogP contribution in [0.5, 0.6) is 0 Å². The number of nitrogens with zero attached hydrogens (tertiary/aromatic N) is 3. The summed E-state index contributed by atoms with van der Waals surface area (Å²) in [5.41, 5.74) is 6.76. The monoisotopic (exact) mass is 248 g/mol. The summed E-state index contributed by atoms with van der Waals surface area (Å²) in [6.45, 7) is 1.32. The Morgan fingerprint density at radius 1 is 1.44 bits per heavy atom. The summed E-state index contributed by atoms with van der Waals surface area (Å²) in [5, 5.41) is 0. The van der Waals surface area contributed by atoms with Gasteiger partial charge >= 0.3 is 0 Å². The van der Waals surface area contributed by atoms with Crippen molar-refractivity contribution >= 4 is 17.5 Å². The van der Waals surface area contributed by atoms with Gasteiger partial charge < -0.3 is 15.5 Å². The van der Waals surface area contributed by atoms with Crippen molar-refractivity contribution in [3.8, 4) is 0 Å². The van der Waals surface area contributed by atoms with Crippen LogP contribution in [-0.2, 0) is 16.0 Å². The van der Waals surface area contributed by atoms with Crippen LogP contribution in [0.25, 0.3) is 0 Å². The van der Waals surface area contributed by atoms with Gasteiger partial charge in [-0.2, -0.15) is 0 Å². The predicted molar refractivity (Wildman–Crippen MR) is 66.6 cm³/mol. The third kappa shape index (κ3) is 2.77. The molecule has 0 unspecified atom stereocenters. The number of rotatable bonds is 2. The molecule has 0 saturated carbocycles. The lowest BCUT2D eigenvalue weighted by molar-refractivity contribution is -0.143. The average molecular weight is 248 g/mol. The Kier molecular flexibility index (Phi) is 3.45. The molecule has 2 N–H and O–H groups in total. The minimum atomic E-state index is -0.0753. The van der Waals surface area contributed by atoms with E-state index < -0.39 is 0 Å². The fraction of sp³-hybridized carbons (Fsp3) is 0.417. The smallest absolute Gasteiger partial charge is 0.241 e. The number of amides is 2. The van der Waals surface area contributed by atoms with Gasteiger partial charge in [-0.3, -0.25) is 14.6 Å². The van der Waals surface area contributed by atoms with Gasteiger partial charge in [-0.1, -0.05) is 0 Å². The molecule has 1 fully saturated rings. The van der Waals surface area contributed by atoms with E-state index in [2.05, 4.69) is 4.98 Å². The van der Waals surface area contributed by atoms with Crippen molar-refractivity contribution < 1.29 is 9.59 Å². The largest absolute Gasteiger partial charge is 0.397 e. The molecular formula is C12H16N4O2. The third-order valence-electron chi connectivity index (χ3n) is 2.99. The van der Waals surface area contributed by atoms with Gasteiger partial charge in [0.05, 0.1) is 24.8 Å². The summed E-state index contributed by atoms with van der Waals surface area (Å²) < 4.78 is 0. The van der Waals surface area contributed by atoms with Crippen LogP contribution >= 0.6 is 0 Å². The normalized spacial score (nSPS) is 15.9. The Balaban J connectivity index is 1.96. The van der Waals surface area contributed by atoms with Crippen LogP contribution in [-0.4, -0.2) is 53.3 Å². The van der Waals surface area contributed by atoms with Gasteiger partial charge in [0.2, 0.25) is 11.8 Å². The van der Waals surface area contributed by atoms with Crippen LogP contribution < -0.4 is 5.73 Å². The van der Waals surface area contributed by atoms with Crippen molar-refractivity contribution in [2.75, 3.05) is 32.4 Å². The fourth-order valence-electron chi connectivity index (χ4n) is 1.78. The Morgan fingerprint density at radius 3 is 2.83 bits per heavy atom. The number of carbonyl (C=O) groups is 2. The SMILES string of the molecule is CN1CCN(C(=O)Cc2ccc(N)cn2)CC1=O. The molecule has 0 bridgehead atoms. The number of carbonyl (C=O) groups excluding carboxylic acids is 2. The molecule has 1 aliphatic rings. The number of hydrogen-bond acceptors (Lipinski definition) is 4. The van der Waals surface area contributed by atoms with Crippen molar-refractivity contribution in [1.29, 1.82) is 0 Å². The standard InChI is InChI=1S/C12H16N4O2/c1-15-4-5-16(8-12(15)18)11(17)6-10-3-2-9(13)7-14-10/h2-3,7H,4-6,8,13H2,1H3. The summed E-state index contributed by atoms with van der Waals surface area (Å²) >= 11 is 0. The molecule has 6 nitrogen and oxygen atoms in total. The summed E-state index contributed by atoms with van der Waals surface area (Å²) in [4.78, 5) is 30.8. The van der Waals surface area contributed by atoms with Gasteiger partial charge in [0, 0.05) is 25.8 Å². The number of hydrogen-bond donors (Lipinski definition) is 1. The lowest BCUT2D eigenvalue weighted by Gasteiger charge is -2.31. The molecule has 1 aliphatic heterocycles. The fourth-order valence-corrected chi connectivity index (χ4v) is 1.78. The van der Waals surface area contributed by atoms with E-state index in [0.29, 0.717) is 24.5 Å². The molecular weight excluding hydrogens is 232 g/mol. The van der Waals surface area contributed by atoms with E-state index in [9.17, 15) is 9.59 Å². The summed E-state index contributed by atoms with van der Waals surface area (Å²) in [6, 6.07) is 3.44. The first-order chi connectivity index (χ1) is 8.56. The zero-order valence-corrected chi connectivity index (χ0v) is 10.3. The van der Waals surface area contributed by atoms with Crippen LogP contribution in [0.2, 0.25) is 0 Å². The van der Waals surface area contributed by atoms with Crippen molar-refractivity contribution in [2.45, 2.75) is 6.42 Å². The molecule has 0 aromatic carbocycles. The van der Waals surface area contributed by atoms with Crippen LogP contribution in [0.3, 0.4) is 0 Å². The zero-order valence-electron chi connectivity index (χ0n) is 10.3. The van der Waals surface area contributed by atoms with Crippen LogP contribution in [0, 0.1) is 0 Å². The van der Waals surface area contributed by atoms with Crippen molar-refractivity contribution in [2.24, 2.45) is 0 Å². The highest BCUT2D eigenvalue weighted by molar-refractivity contribution is 5.86. The van der Waals surface area contributed by atoms with E-state index in [1.54, 1.807) is 29.0 Å². The number of anilines is 1. The molecule has 18 heavy (non-hydrogen) atoms. The molecule has 1 saturated heterocycles. The minimum absolute atomic E-state index is 0.0279. The van der Waals surface area contributed by atoms with Gasteiger partial charge in [-0.05, 0) is 12.1 Å². The molecule has 2 heterocycles. The van der Waals surface area contributed by atoms with E-state index in [-0.39, 0.29) is 24.8 Å². The van der Waals surface area contributed by atoms with E-state index in [0.717, 1.165) is 0 Å². The van der Waals surface area contributed by atoms with Gasteiger partial charge in [0.15, 0.2) is 0 Å². The average Bonchev–Trinajstić information content (AvgIpc) is 2.35. The first-order valence-corrected chi connectivity index (χ1v) is 5.78. The second-order valence-electron chi connectivity index (χ2n) is 4.39. The van der Waals surface area contributed by atoms with Crippen LogP contribution in [0.15, 0.2) is 18.3 Å². The topological polar surface area (TPSA) is 79.5 Å². The van der Waals surface area contributed by atoms with Gasteiger partial charge in [0.25, 0.3) is 0 Å². The maximum Gasteiger partial charge on any atom is 0.241 e. The number of aromatic nitrogens is 1. The summed E-state index contributed by atoms with van der Waals surface area (Å²) in [5.74, 6) is -0.103. The molecule has 96 valence electrons. The van der Waals surface area contributed by atoms with E-state index >= 15 is 0 Å². The molecule has 0 spiro atoms. The lowest BCUT2D eigenvalue weighted by atomic mass is 10.2. The molecule has 0 radical (unpaired) electrons. The lowest BCUT2D eigenvalue weighted by Crippen LogP contribution is -2.51. The van der Waals surface area contributed by atoms with Crippen LogP contribution in [0.1, 0.15) is 5.69 Å². The molecule has 1 aromatic heterocycles. The number of nitrogens with two attached hydrogens (primary N) is 1. The number of nitrogen functional groups attached to an aromatic ring is 1. The Bertz CT molecular complexity index is 458. The highest BCUT2D eigenvalue weighted by Crippen LogP contribution is 2.06. The molecule has 0 atom stereocenters. The Hall–Kier alpha value is -2.11. The quantitative estimate of drug-likeness (QED) is 0.765. The van der Waals surface area contributed by atoms with Gasteiger partial charge in [-0.15, -0.1) is 0 Å². The highest BCUT2D eigenvalue weighted by Gasteiger charge is 2.24. The second kappa shape index (κ2) is 5.03. The van der Waals surface area contributed by atoms with Crippen molar-refractivity contribution in [1.82, 2.24) is 14.8 Å².